The number of ether oxygens (including phenoxy) is 2. The molecule has 0 saturated heterocycles. The minimum Gasteiger partial charge on any atom is -0.497 e. The zero-order valence-electron chi connectivity index (χ0n) is 15.7. The van der Waals surface area contributed by atoms with Gasteiger partial charge in [-0.05, 0) is 36.4 Å². The zero-order valence-corrected chi connectivity index (χ0v) is 16.4. The molecule has 146 valence electrons. The highest BCUT2D eigenvalue weighted by Gasteiger charge is 2.14. The van der Waals surface area contributed by atoms with E-state index in [9.17, 15) is 10.1 Å². The number of hydrogen-bond donors (Lipinski definition) is 2. The maximum atomic E-state index is 12.6. The second-order valence-electron chi connectivity index (χ2n) is 5.91. The van der Waals surface area contributed by atoms with Gasteiger partial charge in [-0.25, -0.2) is 0 Å². The molecule has 0 aliphatic rings. The maximum Gasteiger partial charge on any atom is 0.266 e. The molecule has 1 amide bonds. The minimum absolute atomic E-state index is 0.0810. The van der Waals surface area contributed by atoms with Crippen molar-refractivity contribution in [2.24, 2.45) is 0 Å². The smallest absolute Gasteiger partial charge is 0.266 e. The molecule has 0 spiro atoms. The molecular weight excluding hydrogens is 392 g/mol. The molecule has 3 aromatic rings. The molecule has 0 bridgehead atoms. The van der Waals surface area contributed by atoms with Crippen molar-refractivity contribution in [1.82, 2.24) is 10.2 Å². The lowest BCUT2D eigenvalue weighted by molar-refractivity contribution is -0.112. The number of methoxy groups -OCH3 is 2. The predicted octanol–water partition coefficient (Wildman–Crippen LogP) is 4.29. The van der Waals surface area contributed by atoms with E-state index in [0.29, 0.717) is 33.5 Å². The Hall–Kier alpha value is -3.76. The third kappa shape index (κ3) is 4.57. The van der Waals surface area contributed by atoms with Crippen LogP contribution in [0.5, 0.6) is 11.5 Å². The highest BCUT2D eigenvalue weighted by Crippen LogP contribution is 2.28. The molecule has 2 aromatic carbocycles. The Kier molecular flexibility index (Phi) is 6.17. The number of rotatable bonds is 6. The van der Waals surface area contributed by atoms with Crippen molar-refractivity contribution in [2.75, 3.05) is 19.5 Å². The lowest BCUT2D eigenvalue weighted by atomic mass is 10.1. The van der Waals surface area contributed by atoms with Gasteiger partial charge < -0.3 is 14.8 Å². The molecule has 1 heterocycles. The van der Waals surface area contributed by atoms with E-state index in [2.05, 4.69) is 15.5 Å². The Morgan fingerprint density at radius 2 is 2.07 bits per heavy atom. The van der Waals surface area contributed by atoms with E-state index in [1.54, 1.807) is 31.5 Å². The van der Waals surface area contributed by atoms with Crippen LogP contribution in [0.1, 0.15) is 5.56 Å². The number of anilines is 1. The van der Waals surface area contributed by atoms with Crippen LogP contribution in [0, 0.1) is 11.3 Å². The van der Waals surface area contributed by atoms with Crippen LogP contribution in [0.25, 0.3) is 17.3 Å². The number of H-pyrrole nitrogens is 1. The second kappa shape index (κ2) is 8.95. The summed E-state index contributed by atoms with van der Waals surface area (Å²) in [6.07, 6.45) is 3.02. The van der Waals surface area contributed by atoms with Gasteiger partial charge in [-0.1, -0.05) is 23.7 Å². The molecule has 0 aliphatic carbocycles. The lowest BCUT2D eigenvalue weighted by Crippen LogP contribution is -2.13. The molecular formula is C21H17ClN4O3. The number of nitrogens with zero attached hydrogens (tertiary/aromatic N) is 2. The first-order chi connectivity index (χ1) is 14.0. The highest BCUT2D eigenvalue weighted by molar-refractivity contribution is 6.32. The largest absolute Gasteiger partial charge is 0.497 e. The first-order valence-electron chi connectivity index (χ1n) is 8.50. The van der Waals surface area contributed by atoms with E-state index in [0.717, 1.165) is 5.56 Å². The average Bonchev–Trinajstić information content (AvgIpc) is 3.20. The molecule has 0 unspecified atom stereocenters. The summed E-state index contributed by atoms with van der Waals surface area (Å²) in [6, 6.07) is 14.1. The number of nitrogens with one attached hydrogen (secondary N) is 2. The Balaban J connectivity index is 1.87. The number of aromatic amines is 1. The Labute approximate surface area is 172 Å². The van der Waals surface area contributed by atoms with Crippen LogP contribution in [0.3, 0.4) is 0 Å². The number of amides is 1. The Morgan fingerprint density at radius 3 is 2.76 bits per heavy atom. The minimum atomic E-state index is -0.563. The fourth-order valence-electron chi connectivity index (χ4n) is 2.66. The van der Waals surface area contributed by atoms with E-state index in [1.165, 1.54) is 13.2 Å². The first-order valence-corrected chi connectivity index (χ1v) is 8.88. The van der Waals surface area contributed by atoms with E-state index in [1.807, 2.05) is 30.3 Å². The zero-order chi connectivity index (χ0) is 20.8. The van der Waals surface area contributed by atoms with Gasteiger partial charge >= 0.3 is 0 Å². The molecule has 29 heavy (non-hydrogen) atoms. The summed E-state index contributed by atoms with van der Waals surface area (Å²) in [4.78, 5) is 12.6. The van der Waals surface area contributed by atoms with Crippen LogP contribution in [0.15, 0.2) is 54.2 Å². The van der Waals surface area contributed by atoms with E-state index in [-0.39, 0.29) is 5.57 Å². The number of aromatic nitrogens is 2. The van der Waals surface area contributed by atoms with Gasteiger partial charge in [0.2, 0.25) is 0 Å². The number of benzene rings is 2. The number of carbonyl (C=O) groups excluding carboxylic acids is 1. The Morgan fingerprint density at radius 1 is 1.24 bits per heavy atom. The molecule has 8 heteroatoms. The average molecular weight is 409 g/mol. The number of halogens is 1. The van der Waals surface area contributed by atoms with Crippen molar-refractivity contribution in [3.8, 4) is 28.8 Å². The number of nitriles is 1. The van der Waals surface area contributed by atoms with Gasteiger partial charge in [0.25, 0.3) is 5.91 Å². The van der Waals surface area contributed by atoms with Crippen LogP contribution in [0.2, 0.25) is 5.02 Å². The molecule has 7 nitrogen and oxygen atoms in total. The van der Waals surface area contributed by atoms with Gasteiger partial charge in [-0.15, -0.1) is 0 Å². The van der Waals surface area contributed by atoms with Crippen LogP contribution >= 0.6 is 11.6 Å². The van der Waals surface area contributed by atoms with Crippen molar-refractivity contribution >= 4 is 29.3 Å². The second-order valence-corrected chi connectivity index (χ2v) is 6.31. The topological polar surface area (TPSA) is 100 Å². The maximum absolute atomic E-state index is 12.6. The fraction of sp³-hybridized carbons (Fsp3) is 0.0952. The van der Waals surface area contributed by atoms with Crippen molar-refractivity contribution in [3.63, 3.8) is 0 Å². The van der Waals surface area contributed by atoms with Gasteiger partial charge in [0, 0.05) is 16.8 Å². The standard InChI is InChI=1S/C21H17ClN4O3/c1-28-17-5-3-4-13(9-17)20-15(12-24-26-20)8-14(11-23)21(27)25-16-6-7-19(29-2)18(22)10-16/h3-10,12H,1-2H3,(H,24,26)(H,25,27)/b14-8-. The molecule has 1 aromatic heterocycles. The van der Waals surface area contributed by atoms with Crippen molar-refractivity contribution in [3.05, 3.63) is 64.8 Å². The Bertz CT molecular complexity index is 1120. The summed E-state index contributed by atoms with van der Waals surface area (Å²) >= 11 is 6.08. The summed E-state index contributed by atoms with van der Waals surface area (Å²) in [6.45, 7) is 0. The summed E-state index contributed by atoms with van der Waals surface area (Å²) in [7, 11) is 3.08. The van der Waals surface area contributed by atoms with Gasteiger partial charge in [-0.3, -0.25) is 9.89 Å². The monoisotopic (exact) mass is 408 g/mol. The lowest BCUT2D eigenvalue weighted by Gasteiger charge is -2.08. The predicted molar refractivity (Wildman–Crippen MR) is 111 cm³/mol. The quantitative estimate of drug-likeness (QED) is 0.468. The molecule has 0 fully saturated rings. The summed E-state index contributed by atoms with van der Waals surface area (Å²) in [5.74, 6) is 0.607. The third-order valence-corrected chi connectivity index (χ3v) is 4.40. The van der Waals surface area contributed by atoms with Crippen LogP contribution in [-0.4, -0.2) is 30.3 Å². The van der Waals surface area contributed by atoms with Crippen molar-refractivity contribution in [1.29, 1.82) is 5.26 Å². The fourth-order valence-corrected chi connectivity index (χ4v) is 2.92. The SMILES string of the molecule is COc1cccc(-c2[nH]ncc2/C=C(/C#N)C(=O)Nc2ccc(OC)c(Cl)c2)c1. The molecule has 2 N–H and O–H groups in total. The number of carbonyl (C=O) groups is 1. The van der Waals surface area contributed by atoms with Gasteiger partial charge in [-0.2, -0.15) is 10.4 Å². The van der Waals surface area contributed by atoms with Crippen molar-refractivity contribution in [2.45, 2.75) is 0 Å². The van der Waals surface area contributed by atoms with Gasteiger partial charge in [0.15, 0.2) is 0 Å². The van der Waals surface area contributed by atoms with Crippen LogP contribution < -0.4 is 14.8 Å². The van der Waals surface area contributed by atoms with Gasteiger partial charge in [0.1, 0.15) is 23.1 Å². The molecule has 3 rings (SSSR count). The summed E-state index contributed by atoms with van der Waals surface area (Å²) in [5.41, 5.74) is 2.44. The van der Waals surface area contributed by atoms with Gasteiger partial charge in [0.05, 0.1) is 31.1 Å². The normalized spacial score (nSPS) is 10.9. The third-order valence-electron chi connectivity index (χ3n) is 4.10. The first kappa shape index (κ1) is 20.0. The molecule has 0 aliphatic heterocycles. The molecule has 0 atom stereocenters. The highest BCUT2D eigenvalue weighted by atomic mass is 35.5. The van der Waals surface area contributed by atoms with Crippen LogP contribution in [-0.2, 0) is 4.79 Å². The number of hydrogen-bond acceptors (Lipinski definition) is 5. The van der Waals surface area contributed by atoms with Crippen molar-refractivity contribution < 1.29 is 14.3 Å². The van der Waals surface area contributed by atoms with E-state index < -0.39 is 5.91 Å². The van der Waals surface area contributed by atoms with Crippen LogP contribution in [0.4, 0.5) is 5.69 Å². The van der Waals surface area contributed by atoms with E-state index in [4.69, 9.17) is 21.1 Å². The van der Waals surface area contributed by atoms with E-state index >= 15 is 0 Å². The molecule has 0 saturated carbocycles. The summed E-state index contributed by atoms with van der Waals surface area (Å²) in [5, 5.41) is 19.4. The summed E-state index contributed by atoms with van der Waals surface area (Å²) < 4.78 is 10.3. The molecule has 0 radical (unpaired) electrons.